The molecule has 6 heteroatoms. The van der Waals surface area contributed by atoms with Crippen LogP contribution in [0.25, 0.3) is 0 Å². The monoisotopic (exact) mass is 225 g/mol. The molecule has 86 valence electrons. The Bertz CT molecular complexity index is 373. The number of amides is 2. The van der Waals surface area contributed by atoms with Crippen LogP contribution in [0.3, 0.4) is 0 Å². The molecule has 0 spiro atoms. The normalized spacial score (nSPS) is 20.2. The van der Waals surface area contributed by atoms with Crippen LogP contribution in [0.1, 0.15) is 6.92 Å². The van der Waals surface area contributed by atoms with Crippen molar-refractivity contribution in [2.24, 2.45) is 5.92 Å². The molecule has 16 heavy (non-hydrogen) atoms. The summed E-state index contributed by atoms with van der Waals surface area (Å²) in [5, 5.41) is 0. The molecule has 1 atom stereocenters. The average molecular weight is 225 g/mol. The molecule has 0 aromatic carbocycles. The van der Waals surface area contributed by atoms with Crippen molar-refractivity contribution in [3.05, 3.63) is 12.7 Å². The van der Waals surface area contributed by atoms with Gasteiger partial charge < -0.3 is 4.74 Å². The lowest BCUT2D eigenvalue weighted by Crippen LogP contribution is -2.33. The van der Waals surface area contributed by atoms with Crippen molar-refractivity contribution in [3.8, 4) is 0 Å². The van der Waals surface area contributed by atoms with Crippen molar-refractivity contribution < 1.29 is 23.9 Å². The van der Waals surface area contributed by atoms with Gasteiger partial charge in [0.15, 0.2) is 0 Å². The van der Waals surface area contributed by atoms with Gasteiger partial charge in [-0.3, -0.25) is 24.1 Å². The third kappa shape index (κ3) is 1.86. The quantitative estimate of drug-likeness (QED) is 0.207. The lowest BCUT2D eigenvalue weighted by molar-refractivity contribution is -0.154. The highest BCUT2D eigenvalue weighted by atomic mass is 16.5. The molecule has 0 aromatic heterocycles. The number of carbonyl (C=O) groups excluding carboxylic acids is 4. The molecular formula is C10H11NO5. The van der Waals surface area contributed by atoms with Crippen molar-refractivity contribution in [3.63, 3.8) is 0 Å². The number of carbonyl (C=O) groups is 4. The van der Waals surface area contributed by atoms with Gasteiger partial charge in [0.1, 0.15) is 0 Å². The number of hydrogen-bond acceptors (Lipinski definition) is 5. The first-order chi connectivity index (χ1) is 7.54. The van der Waals surface area contributed by atoms with E-state index in [1.165, 1.54) is 6.08 Å². The molecule has 0 saturated carbocycles. The van der Waals surface area contributed by atoms with E-state index in [0.717, 1.165) is 0 Å². The summed E-state index contributed by atoms with van der Waals surface area (Å²) in [6, 6.07) is 0. The highest BCUT2D eigenvalue weighted by molar-refractivity contribution is 6.52. The smallest absolute Gasteiger partial charge is 0.326 e. The number of ether oxygens (including phenoxy) is 1. The first kappa shape index (κ1) is 12.1. The summed E-state index contributed by atoms with van der Waals surface area (Å²) in [4.78, 5) is 46.2. The van der Waals surface area contributed by atoms with E-state index in [1.807, 2.05) is 0 Å². The summed E-state index contributed by atoms with van der Waals surface area (Å²) in [7, 11) is 0. The lowest BCUT2D eigenvalue weighted by Gasteiger charge is -2.09. The molecule has 6 nitrogen and oxygen atoms in total. The molecule has 0 N–H and O–H groups in total. The Morgan fingerprint density at radius 1 is 1.50 bits per heavy atom. The Labute approximate surface area is 91.8 Å². The van der Waals surface area contributed by atoms with E-state index in [4.69, 9.17) is 0 Å². The Morgan fingerprint density at radius 3 is 2.62 bits per heavy atom. The zero-order valence-electron chi connectivity index (χ0n) is 8.76. The fraction of sp³-hybridized carbons (Fsp3) is 0.400. The standard InChI is InChI=1S/C10H11NO5/c1-3-5-11-8(13)6(7(12)9(11)14)10(15)16-4-2/h3,6H,1,4-5H2,2H3. The Kier molecular flexibility index (Phi) is 3.55. The molecule has 1 saturated heterocycles. The topological polar surface area (TPSA) is 80.8 Å². The Morgan fingerprint density at radius 2 is 2.12 bits per heavy atom. The van der Waals surface area contributed by atoms with Gasteiger partial charge >= 0.3 is 5.97 Å². The lowest BCUT2D eigenvalue weighted by atomic mass is 10.1. The van der Waals surface area contributed by atoms with Crippen molar-refractivity contribution in [1.29, 1.82) is 0 Å². The van der Waals surface area contributed by atoms with Gasteiger partial charge in [-0.05, 0) is 6.92 Å². The first-order valence-corrected chi connectivity index (χ1v) is 4.71. The highest BCUT2D eigenvalue weighted by Gasteiger charge is 2.51. The molecule has 1 unspecified atom stereocenters. The van der Waals surface area contributed by atoms with Gasteiger partial charge in [0, 0.05) is 6.54 Å². The number of Topliss-reactive ketones (excluding diaryl/α,β-unsaturated/α-hetero) is 1. The van der Waals surface area contributed by atoms with Gasteiger partial charge in [-0.15, -0.1) is 6.58 Å². The van der Waals surface area contributed by atoms with Gasteiger partial charge in [0.05, 0.1) is 6.61 Å². The average Bonchev–Trinajstić information content (AvgIpc) is 2.44. The molecule has 1 rings (SSSR count). The van der Waals surface area contributed by atoms with Gasteiger partial charge in [-0.25, -0.2) is 0 Å². The Balaban J connectivity index is 2.93. The van der Waals surface area contributed by atoms with Gasteiger partial charge in [-0.2, -0.15) is 0 Å². The van der Waals surface area contributed by atoms with Crippen LogP contribution >= 0.6 is 0 Å². The third-order valence-electron chi connectivity index (χ3n) is 2.07. The molecule has 0 radical (unpaired) electrons. The van der Waals surface area contributed by atoms with Crippen molar-refractivity contribution >= 4 is 23.6 Å². The highest BCUT2D eigenvalue weighted by Crippen LogP contribution is 2.17. The predicted octanol–water partition coefficient (Wildman–Crippen LogP) is -0.710. The summed E-state index contributed by atoms with van der Waals surface area (Å²) in [6.07, 6.45) is 1.30. The molecule has 1 aliphatic heterocycles. The summed E-state index contributed by atoms with van der Waals surface area (Å²) in [5.41, 5.74) is 0. The van der Waals surface area contributed by atoms with E-state index in [-0.39, 0.29) is 13.2 Å². The van der Waals surface area contributed by atoms with E-state index < -0.39 is 29.5 Å². The van der Waals surface area contributed by atoms with Crippen LogP contribution < -0.4 is 0 Å². The van der Waals surface area contributed by atoms with Crippen molar-refractivity contribution in [1.82, 2.24) is 4.90 Å². The predicted molar refractivity (Wildman–Crippen MR) is 52.0 cm³/mol. The molecule has 0 aliphatic carbocycles. The van der Waals surface area contributed by atoms with E-state index in [9.17, 15) is 19.2 Å². The molecule has 2 amide bonds. The van der Waals surface area contributed by atoms with Crippen LogP contribution in [0, 0.1) is 5.92 Å². The third-order valence-corrected chi connectivity index (χ3v) is 2.07. The first-order valence-electron chi connectivity index (χ1n) is 4.71. The minimum Gasteiger partial charge on any atom is -0.465 e. The maximum absolute atomic E-state index is 11.6. The molecular weight excluding hydrogens is 214 g/mol. The summed E-state index contributed by atoms with van der Waals surface area (Å²) in [5.74, 6) is -5.47. The Hall–Kier alpha value is -1.98. The van der Waals surface area contributed by atoms with Crippen LogP contribution in [0.5, 0.6) is 0 Å². The largest absolute Gasteiger partial charge is 0.465 e. The second-order valence-corrected chi connectivity index (χ2v) is 3.09. The van der Waals surface area contributed by atoms with E-state index >= 15 is 0 Å². The van der Waals surface area contributed by atoms with Gasteiger partial charge in [0.25, 0.3) is 11.8 Å². The molecule has 1 heterocycles. The number of imide groups is 1. The van der Waals surface area contributed by atoms with Gasteiger partial charge in [-0.1, -0.05) is 6.08 Å². The number of nitrogens with zero attached hydrogens (tertiary/aromatic N) is 1. The van der Waals surface area contributed by atoms with Crippen LogP contribution in [0.4, 0.5) is 0 Å². The summed E-state index contributed by atoms with van der Waals surface area (Å²) >= 11 is 0. The SMILES string of the molecule is C=CCN1C(=O)C(=O)C(C(=O)OCC)C1=O. The molecule has 0 aromatic rings. The maximum atomic E-state index is 11.6. The summed E-state index contributed by atoms with van der Waals surface area (Å²) in [6.45, 7) is 4.86. The van der Waals surface area contributed by atoms with E-state index in [2.05, 4.69) is 11.3 Å². The zero-order chi connectivity index (χ0) is 12.3. The number of likely N-dealkylation sites (tertiary alicyclic amines) is 1. The maximum Gasteiger partial charge on any atom is 0.326 e. The number of ketones is 1. The number of esters is 1. The van der Waals surface area contributed by atoms with Gasteiger partial charge in [0.2, 0.25) is 11.7 Å². The van der Waals surface area contributed by atoms with Crippen LogP contribution in [0.2, 0.25) is 0 Å². The number of hydrogen-bond donors (Lipinski definition) is 0. The molecule has 1 aliphatic rings. The van der Waals surface area contributed by atoms with Crippen molar-refractivity contribution in [2.75, 3.05) is 13.2 Å². The fourth-order valence-corrected chi connectivity index (χ4v) is 1.36. The fourth-order valence-electron chi connectivity index (χ4n) is 1.36. The van der Waals surface area contributed by atoms with Crippen molar-refractivity contribution in [2.45, 2.75) is 6.92 Å². The zero-order valence-corrected chi connectivity index (χ0v) is 8.76. The summed E-state index contributed by atoms with van der Waals surface area (Å²) < 4.78 is 4.56. The minimum absolute atomic E-state index is 0.0472. The number of rotatable bonds is 4. The van der Waals surface area contributed by atoms with Crippen LogP contribution in [-0.4, -0.2) is 41.6 Å². The minimum atomic E-state index is -1.63. The second-order valence-electron chi connectivity index (χ2n) is 3.09. The van der Waals surface area contributed by atoms with E-state index in [1.54, 1.807) is 6.92 Å². The van der Waals surface area contributed by atoms with Crippen LogP contribution in [0.15, 0.2) is 12.7 Å². The second kappa shape index (κ2) is 4.69. The molecule has 0 bridgehead atoms. The van der Waals surface area contributed by atoms with E-state index in [0.29, 0.717) is 4.90 Å². The van der Waals surface area contributed by atoms with Crippen LogP contribution in [-0.2, 0) is 23.9 Å². The molecule has 1 fully saturated rings.